The lowest BCUT2D eigenvalue weighted by molar-refractivity contribution is -0.151. The van der Waals surface area contributed by atoms with Gasteiger partial charge in [0.2, 0.25) is 6.61 Å². The van der Waals surface area contributed by atoms with Crippen LogP contribution in [-0.4, -0.2) is 38.4 Å². The summed E-state index contributed by atoms with van der Waals surface area (Å²) in [4.78, 5) is 28.4. The fourth-order valence-electron chi connectivity index (χ4n) is 2.91. The third-order valence-electron chi connectivity index (χ3n) is 4.32. The van der Waals surface area contributed by atoms with Crippen LogP contribution in [0.5, 0.6) is 5.75 Å². The number of carbonyl (C=O) groups is 2. The summed E-state index contributed by atoms with van der Waals surface area (Å²) >= 11 is 0. The number of esters is 1. The van der Waals surface area contributed by atoms with Gasteiger partial charge in [-0.15, -0.1) is 0 Å². The summed E-state index contributed by atoms with van der Waals surface area (Å²) in [6.07, 6.45) is 4.73. The van der Waals surface area contributed by atoms with Crippen molar-refractivity contribution in [3.05, 3.63) is 59.2 Å². The first-order valence-corrected chi connectivity index (χ1v) is 9.01. The van der Waals surface area contributed by atoms with Gasteiger partial charge in [0.25, 0.3) is 5.91 Å². The second-order valence-electron chi connectivity index (χ2n) is 6.33. The van der Waals surface area contributed by atoms with E-state index in [0.717, 1.165) is 30.6 Å². The normalized spacial score (nSPS) is 12.5. The van der Waals surface area contributed by atoms with E-state index in [9.17, 15) is 9.59 Å². The van der Waals surface area contributed by atoms with Crippen LogP contribution in [0.15, 0.2) is 47.6 Å². The average molecular weight is 382 g/mol. The van der Waals surface area contributed by atoms with Crippen molar-refractivity contribution in [1.29, 1.82) is 0 Å². The predicted octanol–water partition coefficient (Wildman–Crippen LogP) is 2.72. The number of fused-ring (bicyclic) bond motifs is 1. The van der Waals surface area contributed by atoms with Crippen molar-refractivity contribution in [2.45, 2.75) is 19.3 Å². The third kappa shape index (κ3) is 5.57. The average Bonchev–Trinajstić information content (AvgIpc) is 3.18. The zero-order chi connectivity index (χ0) is 19.8. The minimum absolute atomic E-state index is 0.374. The van der Waals surface area contributed by atoms with E-state index < -0.39 is 11.9 Å². The first kappa shape index (κ1) is 19.4. The Hall–Kier alpha value is -3.35. The van der Waals surface area contributed by atoms with Crippen molar-refractivity contribution in [3.8, 4) is 5.75 Å². The molecule has 0 saturated carbocycles. The largest absolute Gasteiger partial charge is 0.497 e. The third-order valence-corrected chi connectivity index (χ3v) is 4.32. The van der Waals surface area contributed by atoms with Gasteiger partial charge in [-0.3, -0.25) is 4.79 Å². The molecule has 7 heteroatoms. The summed E-state index contributed by atoms with van der Waals surface area (Å²) < 4.78 is 9.94. The lowest BCUT2D eigenvalue weighted by Gasteiger charge is -2.08. The van der Waals surface area contributed by atoms with Crippen LogP contribution >= 0.6 is 0 Å². The SMILES string of the molecule is COc1ccc(/C=N\OCC(=O)OCC(=O)Nc2ccc3c(c2)CCC3)cc1. The van der Waals surface area contributed by atoms with E-state index in [0.29, 0.717) is 5.69 Å². The molecular weight excluding hydrogens is 360 g/mol. The topological polar surface area (TPSA) is 86.2 Å². The number of nitrogens with one attached hydrogen (secondary N) is 1. The van der Waals surface area contributed by atoms with E-state index >= 15 is 0 Å². The summed E-state index contributed by atoms with van der Waals surface area (Å²) in [6, 6.07) is 13.0. The number of anilines is 1. The molecule has 0 fully saturated rings. The van der Waals surface area contributed by atoms with Gasteiger partial charge >= 0.3 is 5.97 Å². The van der Waals surface area contributed by atoms with Gasteiger partial charge in [0.05, 0.1) is 13.3 Å². The fraction of sp³-hybridized carbons (Fsp3) is 0.286. The number of benzene rings is 2. The molecule has 0 aromatic heterocycles. The first-order chi connectivity index (χ1) is 13.6. The molecule has 1 aliphatic rings. The molecule has 0 bridgehead atoms. The molecule has 0 unspecified atom stereocenters. The highest BCUT2D eigenvalue weighted by Crippen LogP contribution is 2.24. The van der Waals surface area contributed by atoms with Gasteiger partial charge in [-0.05, 0) is 72.4 Å². The van der Waals surface area contributed by atoms with Crippen LogP contribution in [0.1, 0.15) is 23.1 Å². The van der Waals surface area contributed by atoms with Crippen LogP contribution in [0.25, 0.3) is 0 Å². The lowest BCUT2D eigenvalue weighted by atomic mass is 10.1. The second kappa shape index (κ2) is 9.55. The van der Waals surface area contributed by atoms with Gasteiger partial charge in [0.15, 0.2) is 6.61 Å². The van der Waals surface area contributed by atoms with E-state index in [4.69, 9.17) is 14.3 Å². The number of aryl methyl sites for hydroxylation is 2. The Balaban J connectivity index is 1.35. The number of oxime groups is 1. The first-order valence-electron chi connectivity index (χ1n) is 9.01. The zero-order valence-corrected chi connectivity index (χ0v) is 15.6. The van der Waals surface area contributed by atoms with Crippen LogP contribution in [0.4, 0.5) is 5.69 Å². The van der Waals surface area contributed by atoms with Gasteiger partial charge < -0.3 is 19.6 Å². The maximum absolute atomic E-state index is 11.9. The molecule has 1 amide bonds. The van der Waals surface area contributed by atoms with Crippen molar-refractivity contribution < 1.29 is 23.9 Å². The fourth-order valence-corrected chi connectivity index (χ4v) is 2.91. The maximum Gasteiger partial charge on any atom is 0.347 e. The smallest absolute Gasteiger partial charge is 0.347 e. The van der Waals surface area contributed by atoms with Crippen molar-refractivity contribution in [3.63, 3.8) is 0 Å². The summed E-state index contributed by atoms with van der Waals surface area (Å²) in [5.74, 6) is -0.330. The number of nitrogens with zero attached hydrogens (tertiary/aromatic N) is 1. The number of methoxy groups -OCH3 is 1. The lowest BCUT2D eigenvalue weighted by Crippen LogP contribution is -2.22. The van der Waals surface area contributed by atoms with Crippen LogP contribution in [0.3, 0.4) is 0 Å². The zero-order valence-electron chi connectivity index (χ0n) is 15.6. The Labute approximate surface area is 163 Å². The standard InChI is InChI=1S/C21H22N2O5/c1-26-19-9-5-15(6-10-19)12-22-28-14-21(25)27-13-20(24)23-18-8-7-16-3-2-4-17(16)11-18/h5-12H,2-4,13-14H2,1H3,(H,23,24)/b22-12-. The van der Waals surface area contributed by atoms with Crippen molar-refractivity contribution in [1.82, 2.24) is 0 Å². The van der Waals surface area contributed by atoms with Gasteiger partial charge in [0, 0.05) is 5.69 Å². The molecule has 0 heterocycles. The Morgan fingerprint density at radius 3 is 2.64 bits per heavy atom. The minimum Gasteiger partial charge on any atom is -0.497 e. The number of ether oxygens (including phenoxy) is 2. The second-order valence-corrected chi connectivity index (χ2v) is 6.33. The van der Waals surface area contributed by atoms with Gasteiger partial charge in [-0.1, -0.05) is 11.2 Å². The maximum atomic E-state index is 11.9. The predicted molar refractivity (Wildman–Crippen MR) is 105 cm³/mol. The van der Waals surface area contributed by atoms with E-state index in [1.54, 1.807) is 31.4 Å². The van der Waals surface area contributed by atoms with E-state index in [-0.39, 0.29) is 13.2 Å². The molecule has 0 spiro atoms. The van der Waals surface area contributed by atoms with E-state index in [1.165, 1.54) is 17.3 Å². The molecular formula is C21H22N2O5. The number of amides is 1. The molecule has 0 radical (unpaired) electrons. The molecule has 1 N–H and O–H groups in total. The van der Waals surface area contributed by atoms with Crippen molar-refractivity contribution in [2.24, 2.45) is 5.16 Å². The highest BCUT2D eigenvalue weighted by molar-refractivity contribution is 5.93. The molecule has 0 atom stereocenters. The summed E-state index contributed by atoms with van der Waals surface area (Å²) in [7, 11) is 1.59. The Kier molecular flexibility index (Phi) is 6.62. The molecule has 1 aliphatic carbocycles. The number of rotatable bonds is 8. The van der Waals surface area contributed by atoms with Crippen LogP contribution in [0, 0.1) is 0 Å². The van der Waals surface area contributed by atoms with Crippen molar-refractivity contribution in [2.75, 3.05) is 25.6 Å². The molecule has 0 aliphatic heterocycles. The van der Waals surface area contributed by atoms with E-state index in [1.807, 2.05) is 18.2 Å². The summed E-state index contributed by atoms with van der Waals surface area (Å²) in [6.45, 7) is -0.750. The Morgan fingerprint density at radius 2 is 1.86 bits per heavy atom. The van der Waals surface area contributed by atoms with E-state index in [2.05, 4.69) is 10.5 Å². The van der Waals surface area contributed by atoms with Crippen LogP contribution in [-0.2, 0) is 32.0 Å². The minimum atomic E-state index is -0.670. The number of hydrogen-bond acceptors (Lipinski definition) is 6. The molecule has 146 valence electrons. The number of hydrogen-bond donors (Lipinski definition) is 1. The quantitative estimate of drug-likeness (QED) is 0.431. The summed E-state index contributed by atoms with van der Waals surface area (Å²) in [5.41, 5.74) is 4.10. The number of carbonyl (C=O) groups excluding carboxylic acids is 2. The van der Waals surface area contributed by atoms with Crippen LogP contribution in [0.2, 0.25) is 0 Å². The van der Waals surface area contributed by atoms with Gasteiger partial charge in [-0.25, -0.2) is 4.79 Å². The highest BCUT2D eigenvalue weighted by Gasteiger charge is 2.13. The molecule has 7 nitrogen and oxygen atoms in total. The molecule has 28 heavy (non-hydrogen) atoms. The van der Waals surface area contributed by atoms with Gasteiger partial charge in [-0.2, -0.15) is 0 Å². The Morgan fingerprint density at radius 1 is 1.07 bits per heavy atom. The molecule has 3 rings (SSSR count). The van der Waals surface area contributed by atoms with Crippen molar-refractivity contribution >= 4 is 23.8 Å². The molecule has 2 aromatic rings. The highest BCUT2D eigenvalue weighted by atomic mass is 16.7. The van der Waals surface area contributed by atoms with Crippen LogP contribution < -0.4 is 10.1 Å². The Bertz CT molecular complexity index is 862. The van der Waals surface area contributed by atoms with Gasteiger partial charge in [0.1, 0.15) is 5.75 Å². The molecule has 2 aromatic carbocycles. The monoisotopic (exact) mass is 382 g/mol. The molecule has 0 saturated heterocycles. The summed E-state index contributed by atoms with van der Waals surface area (Å²) in [5, 5.41) is 6.43.